The van der Waals surface area contributed by atoms with Crippen molar-refractivity contribution in [1.29, 1.82) is 0 Å². The molecule has 0 bridgehead atoms. The molecule has 6 nitrogen and oxygen atoms in total. The van der Waals surface area contributed by atoms with E-state index in [4.69, 9.17) is 4.74 Å². The van der Waals surface area contributed by atoms with E-state index in [0.29, 0.717) is 37.7 Å². The number of halogens is 1. The van der Waals surface area contributed by atoms with Crippen LogP contribution in [-0.2, 0) is 0 Å². The molecule has 2 heterocycles. The van der Waals surface area contributed by atoms with Crippen molar-refractivity contribution in [3.8, 4) is 5.75 Å². The number of nitrogens with one attached hydrogen (secondary N) is 2. The highest BCUT2D eigenvalue weighted by molar-refractivity contribution is 5.89. The van der Waals surface area contributed by atoms with Gasteiger partial charge in [0, 0.05) is 31.5 Å². The molecule has 1 unspecified atom stereocenters. The minimum Gasteiger partial charge on any atom is -0.490 e. The van der Waals surface area contributed by atoms with Gasteiger partial charge in [0.1, 0.15) is 18.2 Å². The lowest BCUT2D eigenvalue weighted by atomic mass is 10.2. The van der Waals surface area contributed by atoms with E-state index in [-0.39, 0.29) is 17.9 Å². The van der Waals surface area contributed by atoms with Crippen LogP contribution in [0.5, 0.6) is 5.75 Å². The zero-order valence-corrected chi connectivity index (χ0v) is 13.1. The van der Waals surface area contributed by atoms with Crippen LogP contribution < -0.4 is 15.4 Å². The molecule has 2 N–H and O–H groups in total. The van der Waals surface area contributed by atoms with Gasteiger partial charge in [0.25, 0.3) is 0 Å². The summed E-state index contributed by atoms with van der Waals surface area (Å²) in [5.74, 6) is 0.276. The Labute approximate surface area is 139 Å². The van der Waals surface area contributed by atoms with Gasteiger partial charge >= 0.3 is 6.03 Å². The lowest BCUT2D eigenvalue weighted by Crippen LogP contribution is -2.57. The summed E-state index contributed by atoms with van der Waals surface area (Å²) in [4.78, 5) is 18.2. The first kappa shape index (κ1) is 16.2. The molecule has 0 radical (unpaired) electrons. The normalized spacial score (nSPS) is 17.4. The third-order valence-corrected chi connectivity index (χ3v) is 3.76. The number of piperazine rings is 1. The number of rotatable bonds is 4. The van der Waals surface area contributed by atoms with Gasteiger partial charge < -0.3 is 20.3 Å². The van der Waals surface area contributed by atoms with E-state index in [1.54, 1.807) is 35.5 Å². The molecule has 126 valence electrons. The molecule has 1 fully saturated rings. The third kappa shape index (κ3) is 4.20. The summed E-state index contributed by atoms with van der Waals surface area (Å²) in [7, 11) is 0. The molecule has 0 saturated carbocycles. The average molecular weight is 330 g/mol. The second kappa shape index (κ2) is 7.74. The summed E-state index contributed by atoms with van der Waals surface area (Å²) in [6, 6.07) is 9.08. The van der Waals surface area contributed by atoms with Crippen molar-refractivity contribution in [2.75, 3.05) is 31.6 Å². The molecule has 7 heteroatoms. The Morgan fingerprint density at radius 1 is 1.42 bits per heavy atom. The molecular formula is C17H19FN4O2. The van der Waals surface area contributed by atoms with Crippen LogP contribution in [0.1, 0.15) is 0 Å². The van der Waals surface area contributed by atoms with Gasteiger partial charge in [0.05, 0.1) is 12.2 Å². The van der Waals surface area contributed by atoms with Crippen LogP contribution in [0.15, 0.2) is 48.8 Å². The number of pyridine rings is 1. The van der Waals surface area contributed by atoms with E-state index in [9.17, 15) is 9.18 Å². The topological polar surface area (TPSA) is 66.5 Å². The fourth-order valence-corrected chi connectivity index (χ4v) is 2.56. The van der Waals surface area contributed by atoms with E-state index in [1.807, 2.05) is 6.07 Å². The number of urea groups is 1. The van der Waals surface area contributed by atoms with Crippen LogP contribution in [0, 0.1) is 5.82 Å². The number of ether oxygens (including phenoxy) is 1. The van der Waals surface area contributed by atoms with Crippen molar-refractivity contribution in [3.63, 3.8) is 0 Å². The van der Waals surface area contributed by atoms with Crippen LogP contribution in [0.25, 0.3) is 0 Å². The number of hydrogen-bond acceptors (Lipinski definition) is 4. The summed E-state index contributed by atoms with van der Waals surface area (Å²) in [6.45, 7) is 2.26. The molecule has 1 aromatic heterocycles. The van der Waals surface area contributed by atoms with Gasteiger partial charge in [-0.2, -0.15) is 0 Å². The van der Waals surface area contributed by atoms with Crippen LogP contribution in [0.3, 0.4) is 0 Å². The van der Waals surface area contributed by atoms with Gasteiger partial charge in [-0.25, -0.2) is 9.18 Å². The van der Waals surface area contributed by atoms with Crippen molar-refractivity contribution < 1.29 is 13.9 Å². The van der Waals surface area contributed by atoms with E-state index in [1.165, 1.54) is 12.1 Å². The Bertz CT molecular complexity index is 683. The first-order valence-electron chi connectivity index (χ1n) is 7.79. The smallest absolute Gasteiger partial charge is 0.322 e. The first-order valence-corrected chi connectivity index (χ1v) is 7.79. The molecule has 2 amide bonds. The summed E-state index contributed by atoms with van der Waals surface area (Å²) < 4.78 is 19.0. The third-order valence-electron chi connectivity index (χ3n) is 3.76. The monoisotopic (exact) mass is 330 g/mol. The molecule has 2 aromatic rings. The van der Waals surface area contributed by atoms with Crippen molar-refractivity contribution in [2.24, 2.45) is 0 Å². The fraction of sp³-hybridized carbons (Fsp3) is 0.294. The second-order valence-corrected chi connectivity index (χ2v) is 5.49. The summed E-state index contributed by atoms with van der Waals surface area (Å²) in [5, 5.41) is 5.98. The number of carbonyl (C=O) groups excluding carboxylic acids is 1. The summed E-state index contributed by atoms with van der Waals surface area (Å²) >= 11 is 0. The highest BCUT2D eigenvalue weighted by atomic mass is 19.1. The number of carbonyl (C=O) groups is 1. The summed E-state index contributed by atoms with van der Waals surface area (Å²) in [6.07, 6.45) is 3.31. The van der Waals surface area contributed by atoms with Gasteiger partial charge in [0.15, 0.2) is 0 Å². The predicted molar refractivity (Wildman–Crippen MR) is 88.5 cm³/mol. The number of aromatic nitrogens is 1. The number of hydrogen-bond donors (Lipinski definition) is 2. The maximum atomic E-state index is 13.2. The zero-order valence-electron chi connectivity index (χ0n) is 13.1. The van der Waals surface area contributed by atoms with Crippen LogP contribution in [0.2, 0.25) is 0 Å². The van der Waals surface area contributed by atoms with Crippen LogP contribution in [-0.4, -0.2) is 48.2 Å². The largest absolute Gasteiger partial charge is 0.490 e. The Balaban J connectivity index is 1.62. The zero-order chi connectivity index (χ0) is 16.8. The highest BCUT2D eigenvalue weighted by Gasteiger charge is 2.27. The second-order valence-electron chi connectivity index (χ2n) is 5.49. The molecule has 1 aliphatic heterocycles. The van der Waals surface area contributed by atoms with Crippen molar-refractivity contribution >= 4 is 11.7 Å². The maximum absolute atomic E-state index is 13.2. The van der Waals surface area contributed by atoms with E-state index >= 15 is 0 Å². The molecule has 0 aliphatic carbocycles. The molecule has 1 atom stereocenters. The number of nitrogens with zero attached hydrogens (tertiary/aromatic N) is 2. The van der Waals surface area contributed by atoms with Crippen molar-refractivity contribution in [2.45, 2.75) is 6.04 Å². The maximum Gasteiger partial charge on any atom is 0.322 e. The molecular weight excluding hydrogens is 311 g/mol. The van der Waals surface area contributed by atoms with Crippen molar-refractivity contribution in [3.05, 3.63) is 54.6 Å². The minimum atomic E-state index is -0.385. The van der Waals surface area contributed by atoms with E-state index < -0.39 is 0 Å². The lowest BCUT2D eigenvalue weighted by Gasteiger charge is -2.35. The molecule has 1 aliphatic rings. The van der Waals surface area contributed by atoms with Gasteiger partial charge in [0.2, 0.25) is 0 Å². The Hall–Kier alpha value is -2.67. The highest BCUT2D eigenvalue weighted by Crippen LogP contribution is 2.14. The van der Waals surface area contributed by atoms with E-state index in [0.717, 1.165) is 0 Å². The molecule has 3 rings (SSSR count). The van der Waals surface area contributed by atoms with Crippen LogP contribution >= 0.6 is 0 Å². The Kier molecular flexibility index (Phi) is 5.22. The quantitative estimate of drug-likeness (QED) is 0.901. The number of benzene rings is 1. The standard InChI is InChI=1S/C17H19FN4O2/c18-13-3-1-4-14(9-13)21-17(23)22-8-7-20-10-15(22)12-24-16-5-2-6-19-11-16/h1-6,9,11,15,20H,7-8,10,12H2,(H,21,23). The molecule has 1 saturated heterocycles. The first-order chi connectivity index (χ1) is 11.7. The molecule has 1 aromatic carbocycles. The summed E-state index contributed by atoms with van der Waals surface area (Å²) in [5.41, 5.74) is 0.436. The van der Waals surface area contributed by atoms with Gasteiger partial charge in [-0.05, 0) is 30.3 Å². The van der Waals surface area contributed by atoms with Crippen molar-refractivity contribution in [1.82, 2.24) is 15.2 Å². The average Bonchev–Trinajstić information content (AvgIpc) is 2.61. The SMILES string of the molecule is O=C(Nc1cccc(F)c1)N1CCNCC1COc1cccnc1. The Morgan fingerprint density at radius 3 is 3.12 bits per heavy atom. The fourth-order valence-electron chi connectivity index (χ4n) is 2.56. The molecule has 0 spiro atoms. The Morgan fingerprint density at radius 2 is 2.33 bits per heavy atom. The van der Waals surface area contributed by atoms with Gasteiger partial charge in [-0.1, -0.05) is 6.07 Å². The minimum absolute atomic E-state index is 0.118. The lowest BCUT2D eigenvalue weighted by molar-refractivity contribution is 0.133. The van der Waals surface area contributed by atoms with Gasteiger partial charge in [-0.15, -0.1) is 0 Å². The molecule has 24 heavy (non-hydrogen) atoms. The van der Waals surface area contributed by atoms with Gasteiger partial charge in [-0.3, -0.25) is 4.98 Å². The number of anilines is 1. The van der Waals surface area contributed by atoms with Crippen LogP contribution in [0.4, 0.5) is 14.9 Å². The number of amides is 2. The van der Waals surface area contributed by atoms with E-state index in [2.05, 4.69) is 15.6 Å². The predicted octanol–water partition coefficient (Wildman–Crippen LogP) is 2.11.